The SMILES string of the molecule is CNCC1CCN(C(=O)C2=CN3CCS(=O)(=O)N=C3C=C2)CC1. The number of hydrogen-bond donors (Lipinski definition) is 1. The lowest BCUT2D eigenvalue weighted by Crippen LogP contribution is -2.42. The summed E-state index contributed by atoms with van der Waals surface area (Å²) in [4.78, 5) is 16.2. The molecule has 0 aromatic rings. The smallest absolute Gasteiger partial charge is 0.256 e. The molecule has 0 atom stereocenters. The van der Waals surface area contributed by atoms with Crippen LogP contribution in [0.2, 0.25) is 0 Å². The normalized spacial score (nSPS) is 24.0. The number of carbonyl (C=O) groups is 1. The molecule has 126 valence electrons. The minimum atomic E-state index is -3.36. The molecule has 23 heavy (non-hydrogen) atoms. The van der Waals surface area contributed by atoms with E-state index < -0.39 is 10.0 Å². The van der Waals surface area contributed by atoms with Gasteiger partial charge in [0.05, 0.1) is 11.3 Å². The van der Waals surface area contributed by atoms with Crippen LogP contribution < -0.4 is 5.32 Å². The summed E-state index contributed by atoms with van der Waals surface area (Å²) in [6.07, 6.45) is 7.02. The van der Waals surface area contributed by atoms with E-state index in [4.69, 9.17) is 0 Å². The summed E-state index contributed by atoms with van der Waals surface area (Å²) >= 11 is 0. The molecule has 3 aliphatic heterocycles. The van der Waals surface area contributed by atoms with Gasteiger partial charge in [0.1, 0.15) is 5.84 Å². The number of rotatable bonds is 3. The highest BCUT2D eigenvalue weighted by atomic mass is 32.2. The Kier molecular flexibility index (Phi) is 4.54. The lowest BCUT2D eigenvalue weighted by Gasteiger charge is -2.33. The summed E-state index contributed by atoms with van der Waals surface area (Å²) in [5.41, 5.74) is 0.593. The van der Waals surface area contributed by atoms with Crippen LogP contribution in [0.25, 0.3) is 0 Å². The summed E-state index contributed by atoms with van der Waals surface area (Å²) < 4.78 is 26.7. The van der Waals surface area contributed by atoms with E-state index in [9.17, 15) is 13.2 Å². The number of sulfonamides is 1. The van der Waals surface area contributed by atoms with Crippen LogP contribution >= 0.6 is 0 Å². The van der Waals surface area contributed by atoms with Gasteiger partial charge in [0, 0.05) is 25.8 Å². The van der Waals surface area contributed by atoms with E-state index in [-0.39, 0.29) is 11.7 Å². The second-order valence-corrected chi connectivity index (χ2v) is 7.89. The fourth-order valence-electron chi connectivity index (χ4n) is 3.14. The highest BCUT2D eigenvalue weighted by Crippen LogP contribution is 2.21. The predicted molar refractivity (Wildman–Crippen MR) is 88.4 cm³/mol. The van der Waals surface area contributed by atoms with E-state index >= 15 is 0 Å². The number of carbonyl (C=O) groups excluding carboxylic acids is 1. The molecule has 1 saturated heterocycles. The van der Waals surface area contributed by atoms with Crippen LogP contribution in [0.3, 0.4) is 0 Å². The second-order valence-electron chi connectivity index (χ2n) is 6.14. The highest BCUT2D eigenvalue weighted by molar-refractivity contribution is 7.90. The van der Waals surface area contributed by atoms with E-state index in [1.807, 2.05) is 11.9 Å². The van der Waals surface area contributed by atoms with Crippen molar-refractivity contribution in [2.45, 2.75) is 12.8 Å². The Bertz CT molecular complexity index is 673. The number of likely N-dealkylation sites (tertiary alicyclic amines) is 1. The molecule has 1 N–H and O–H groups in total. The van der Waals surface area contributed by atoms with Crippen molar-refractivity contribution in [1.29, 1.82) is 0 Å². The van der Waals surface area contributed by atoms with E-state index in [0.717, 1.165) is 32.5 Å². The first-order valence-electron chi connectivity index (χ1n) is 7.91. The molecule has 0 unspecified atom stereocenters. The fraction of sp³-hybridized carbons (Fsp3) is 0.600. The average Bonchev–Trinajstić information content (AvgIpc) is 2.54. The third kappa shape index (κ3) is 3.64. The van der Waals surface area contributed by atoms with Gasteiger partial charge in [0.15, 0.2) is 0 Å². The number of hydrogen-bond acceptors (Lipinski definition) is 5. The Hall–Kier alpha value is -1.67. The molecule has 3 rings (SSSR count). The quantitative estimate of drug-likeness (QED) is 0.780. The van der Waals surface area contributed by atoms with Gasteiger partial charge in [-0.15, -0.1) is 4.40 Å². The maximum atomic E-state index is 12.6. The average molecular weight is 338 g/mol. The number of fused-ring (bicyclic) bond motifs is 1. The van der Waals surface area contributed by atoms with Gasteiger partial charge in [-0.2, -0.15) is 0 Å². The molecule has 7 nitrogen and oxygen atoms in total. The molecule has 8 heteroatoms. The first-order chi connectivity index (χ1) is 11.0. The molecule has 0 saturated carbocycles. The minimum absolute atomic E-state index is 0.0108. The Morgan fingerprint density at radius 1 is 1.30 bits per heavy atom. The monoisotopic (exact) mass is 338 g/mol. The molecular formula is C15H22N4O3S. The van der Waals surface area contributed by atoms with Gasteiger partial charge in [-0.1, -0.05) is 0 Å². The van der Waals surface area contributed by atoms with Crippen molar-refractivity contribution < 1.29 is 13.2 Å². The Balaban J connectivity index is 1.66. The maximum Gasteiger partial charge on any atom is 0.256 e. The van der Waals surface area contributed by atoms with Crippen LogP contribution in [-0.2, 0) is 14.8 Å². The summed E-state index contributed by atoms with van der Waals surface area (Å²) in [6, 6.07) is 0. The second kappa shape index (κ2) is 6.45. The van der Waals surface area contributed by atoms with Crippen molar-refractivity contribution >= 4 is 21.8 Å². The Labute approximate surface area is 136 Å². The van der Waals surface area contributed by atoms with Crippen molar-refractivity contribution in [2.75, 3.05) is 39.0 Å². The first kappa shape index (κ1) is 16.2. The maximum absolute atomic E-state index is 12.6. The van der Waals surface area contributed by atoms with Gasteiger partial charge in [0.2, 0.25) is 0 Å². The molecule has 3 heterocycles. The van der Waals surface area contributed by atoms with Gasteiger partial charge in [-0.3, -0.25) is 4.79 Å². The van der Waals surface area contributed by atoms with Crippen LogP contribution in [0.5, 0.6) is 0 Å². The zero-order valence-corrected chi connectivity index (χ0v) is 14.1. The van der Waals surface area contributed by atoms with Crippen molar-refractivity contribution in [3.05, 3.63) is 23.9 Å². The zero-order valence-electron chi connectivity index (χ0n) is 13.2. The predicted octanol–water partition coefficient (Wildman–Crippen LogP) is -0.0580. The third-order valence-corrected chi connectivity index (χ3v) is 5.63. The summed E-state index contributed by atoms with van der Waals surface area (Å²) in [6.45, 7) is 2.87. The summed E-state index contributed by atoms with van der Waals surface area (Å²) in [5.74, 6) is 1.01. The molecule has 0 aliphatic carbocycles. The summed E-state index contributed by atoms with van der Waals surface area (Å²) in [7, 11) is -1.41. The van der Waals surface area contributed by atoms with Gasteiger partial charge in [0.25, 0.3) is 15.9 Å². The Morgan fingerprint density at radius 3 is 2.74 bits per heavy atom. The van der Waals surface area contributed by atoms with Gasteiger partial charge in [-0.05, 0) is 44.5 Å². The van der Waals surface area contributed by atoms with Crippen LogP contribution in [0.15, 0.2) is 28.3 Å². The molecule has 0 bridgehead atoms. The van der Waals surface area contributed by atoms with E-state index in [1.165, 1.54) is 0 Å². The molecule has 1 amide bonds. The molecular weight excluding hydrogens is 316 g/mol. The van der Waals surface area contributed by atoms with Gasteiger partial charge < -0.3 is 15.1 Å². The minimum Gasteiger partial charge on any atom is -0.339 e. The topological polar surface area (TPSA) is 82.1 Å². The largest absolute Gasteiger partial charge is 0.339 e. The Morgan fingerprint density at radius 2 is 2.04 bits per heavy atom. The molecule has 3 aliphatic rings. The van der Waals surface area contributed by atoms with Crippen LogP contribution in [0, 0.1) is 5.92 Å². The first-order valence-corrected chi connectivity index (χ1v) is 9.52. The van der Waals surface area contributed by atoms with Crippen LogP contribution in [0.4, 0.5) is 0 Å². The van der Waals surface area contributed by atoms with E-state index in [2.05, 4.69) is 9.71 Å². The van der Waals surface area contributed by atoms with Crippen LogP contribution in [-0.4, -0.2) is 68.9 Å². The lowest BCUT2D eigenvalue weighted by atomic mass is 9.96. The molecule has 0 aromatic heterocycles. The molecule has 1 fully saturated rings. The number of amidine groups is 1. The molecule has 0 spiro atoms. The third-order valence-electron chi connectivity index (χ3n) is 4.47. The lowest BCUT2D eigenvalue weighted by molar-refractivity contribution is -0.128. The van der Waals surface area contributed by atoms with Crippen LogP contribution in [0.1, 0.15) is 12.8 Å². The summed E-state index contributed by atoms with van der Waals surface area (Å²) in [5, 5.41) is 3.19. The fourth-order valence-corrected chi connectivity index (χ4v) is 4.11. The highest BCUT2D eigenvalue weighted by Gasteiger charge is 2.28. The zero-order chi connectivity index (χ0) is 16.4. The van der Waals surface area contributed by atoms with Crippen molar-refractivity contribution in [3.63, 3.8) is 0 Å². The number of nitrogens with zero attached hydrogens (tertiary/aromatic N) is 3. The van der Waals surface area contributed by atoms with Crippen molar-refractivity contribution in [3.8, 4) is 0 Å². The van der Waals surface area contributed by atoms with Crippen molar-refractivity contribution in [1.82, 2.24) is 15.1 Å². The van der Waals surface area contributed by atoms with E-state index in [1.54, 1.807) is 23.3 Å². The van der Waals surface area contributed by atoms with Crippen molar-refractivity contribution in [2.24, 2.45) is 10.3 Å². The number of piperidine rings is 1. The number of nitrogens with one attached hydrogen (secondary N) is 1. The standard InChI is InChI=1S/C15H22N4O3S/c1-16-10-12-4-6-18(7-5-12)15(20)13-2-3-14-17-23(21,22)9-8-19(14)11-13/h2-3,11-12,16H,4-10H2,1H3. The molecule has 0 aromatic carbocycles. The van der Waals surface area contributed by atoms with Gasteiger partial charge >= 0.3 is 0 Å². The van der Waals surface area contributed by atoms with E-state index in [0.29, 0.717) is 23.9 Å². The van der Waals surface area contributed by atoms with Gasteiger partial charge in [-0.25, -0.2) is 8.42 Å². The molecule has 0 radical (unpaired) electrons. The number of amides is 1.